The third-order valence-electron chi connectivity index (χ3n) is 8.79. The molecule has 0 fully saturated rings. The van der Waals surface area contributed by atoms with E-state index in [1.807, 2.05) is 36.4 Å². The second-order valence-corrected chi connectivity index (χ2v) is 12.2. The standard InChI is InChI=1S/C41H22F8N4/c42-29-17-26(18-30(43)22-29)25-11-14-31(39-51-37(23-7-3-1-4-8-23)50-38(52-39)24-9-5-2-6-10-24)36(19-25)53-34-15-12-27(40(44,45)46)20-32(34)33-21-28(41(47,48)49)13-16-35(33)53/h1-22H. The highest BCUT2D eigenvalue weighted by atomic mass is 19.4. The Hall–Kier alpha value is -6.43. The Labute approximate surface area is 295 Å². The quantitative estimate of drug-likeness (QED) is 0.166. The fourth-order valence-corrected chi connectivity index (χ4v) is 6.37. The van der Waals surface area contributed by atoms with Crippen LogP contribution in [0.3, 0.4) is 0 Å². The normalized spacial score (nSPS) is 12.2. The predicted molar refractivity (Wildman–Crippen MR) is 186 cm³/mol. The number of alkyl halides is 6. The molecule has 8 rings (SSSR count). The first-order chi connectivity index (χ1) is 25.3. The lowest BCUT2D eigenvalue weighted by Gasteiger charge is -2.17. The van der Waals surface area contributed by atoms with Gasteiger partial charge in [0.05, 0.1) is 27.8 Å². The van der Waals surface area contributed by atoms with Crippen LogP contribution < -0.4 is 0 Å². The molecular formula is C41H22F8N4. The summed E-state index contributed by atoms with van der Waals surface area (Å²) in [5.74, 6) is -0.982. The van der Waals surface area contributed by atoms with E-state index in [4.69, 9.17) is 15.0 Å². The Bertz CT molecular complexity index is 2520. The van der Waals surface area contributed by atoms with Crippen molar-refractivity contribution in [3.8, 4) is 51.0 Å². The van der Waals surface area contributed by atoms with Gasteiger partial charge in [-0.25, -0.2) is 23.7 Å². The number of hydrogen-bond donors (Lipinski definition) is 0. The highest BCUT2D eigenvalue weighted by Crippen LogP contribution is 2.42. The second-order valence-electron chi connectivity index (χ2n) is 12.2. The zero-order valence-corrected chi connectivity index (χ0v) is 27.0. The van der Waals surface area contributed by atoms with E-state index in [9.17, 15) is 35.1 Å². The van der Waals surface area contributed by atoms with Crippen molar-refractivity contribution in [2.24, 2.45) is 0 Å². The Morgan fingerprint density at radius 1 is 0.415 bits per heavy atom. The maximum absolute atomic E-state index is 14.5. The minimum Gasteiger partial charge on any atom is -0.308 e. The Balaban J connectivity index is 1.48. The molecule has 12 heteroatoms. The number of halogens is 8. The minimum atomic E-state index is -4.79. The summed E-state index contributed by atoms with van der Waals surface area (Å²) in [6.07, 6.45) is -9.58. The molecule has 0 saturated heterocycles. The van der Waals surface area contributed by atoms with Crippen molar-refractivity contribution in [3.63, 3.8) is 0 Å². The maximum Gasteiger partial charge on any atom is 0.416 e. The largest absolute Gasteiger partial charge is 0.416 e. The van der Waals surface area contributed by atoms with Crippen LogP contribution in [0.1, 0.15) is 11.1 Å². The van der Waals surface area contributed by atoms with E-state index in [1.54, 1.807) is 42.5 Å². The van der Waals surface area contributed by atoms with Gasteiger partial charge in [-0.05, 0) is 71.8 Å². The number of nitrogens with zero attached hydrogens (tertiary/aromatic N) is 4. The predicted octanol–water partition coefficient (Wildman–Crippen LogP) is 12.0. The molecule has 2 heterocycles. The zero-order chi connectivity index (χ0) is 37.1. The zero-order valence-electron chi connectivity index (χ0n) is 27.0. The molecule has 0 N–H and O–H groups in total. The van der Waals surface area contributed by atoms with E-state index in [1.165, 1.54) is 16.7 Å². The van der Waals surface area contributed by atoms with Crippen molar-refractivity contribution < 1.29 is 35.1 Å². The van der Waals surface area contributed by atoms with Gasteiger partial charge >= 0.3 is 12.4 Å². The van der Waals surface area contributed by atoms with Crippen LogP contribution in [0, 0.1) is 11.6 Å². The molecule has 0 spiro atoms. The molecule has 0 unspecified atom stereocenters. The van der Waals surface area contributed by atoms with Gasteiger partial charge in [-0.2, -0.15) is 26.3 Å². The number of rotatable bonds is 5. The van der Waals surface area contributed by atoms with Crippen LogP contribution in [0.5, 0.6) is 0 Å². The molecule has 0 atom stereocenters. The Kier molecular flexibility index (Phi) is 8.05. The average Bonchev–Trinajstić information content (AvgIpc) is 3.47. The van der Waals surface area contributed by atoms with Crippen molar-refractivity contribution in [2.45, 2.75) is 12.4 Å². The van der Waals surface area contributed by atoms with E-state index >= 15 is 0 Å². The molecule has 0 aliphatic carbocycles. The minimum absolute atomic E-state index is 0.0975. The molecule has 0 saturated carbocycles. The fraction of sp³-hybridized carbons (Fsp3) is 0.0488. The monoisotopic (exact) mass is 722 g/mol. The molecular weight excluding hydrogens is 700 g/mol. The van der Waals surface area contributed by atoms with Gasteiger partial charge in [0.1, 0.15) is 11.6 Å². The summed E-state index contributed by atoms with van der Waals surface area (Å²) in [4.78, 5) is 14.3. The fourth-order valence-electron chi connectivity index (χ4n) is 6.37. The lowest BCUT2D eigenvalue weighted by molar-refractivity contribution is -0.138. The number of fused-ring (bicyclic) bond motifs is 3. The third kappa shape index (κ3) is 6.37. The first-order valence-electron chi connectivity index (χ1n) is 16.0. The Morgan fingerprint density at radius 2 is 0.887 bits per heavy atom. The van der Waals surface area contributed by atoms with Gasteiger partial charge in [-0.15, -0.1) is 0 Å². The van der Waals surface area contributed by atoms with Gasteiger partial charge in [-0.1, -0.05) is 66.7 Å². The van der Waals surface area contributed by atoms with Gasteiger partial charge in [0.25, 0.3) is 0 Å². The van der Waals surface area contributed by atoms with Crippen molar-refractivity contribution in [3.05, 3.63) is 156 Å². The first-order valence-corrected chi connectivity index (χ1v) is 16.0. The highest BCUT2D eigenvalue weighted by molar-refractivity contribution is 6.10. The third-order valence-corrected chi connectivity index (χ3v) is 8.79. The van der Waals surface area contributed by atoms with Gasteiger partial charge in [0, 0.05) is 33.5 Å². The van der Waals surface area contributed by atoms with E-state index < -0.39 is 35.1 Å². The molecule has 8 aromatic rings. The molecule has 0 bridgehead atoms. The van der Waals surface area contributed by atoms with Crippen LogP contribution >= 0.6 is 0 Å². The summed E-state index contributed by atoms with van der Waals surface area (Å²) in [6.45, 7) is 0. The molecule has 0 amide bonds. The second kappa shape index (κ2) is 12.7. The van der Waals surface area contributed by atoms with Crippen LogP contribution in [-0.4, -0.2) is 19.5 Å². The molecule has 53 heavy (non-hydrogen) atoms. The lowest BCUT2D eigenvalue weighted by Crippen LogP contribution is -2.05. The van der Waals surface area contributed by atoms with E-state index in [0.29, 0.717) is 40.0 Å². The van der Waals surface area contributed by atoms with Gasteiger partial charge in [0.2, 0.25) is 0 Å². The number of hydrogen-bond acceptors (Lipinski definition) is 3. The average molecular weight is 723 g/mol. The topological polar surface area (TPSA) is 43.6 Å². The SMILES string of the molecule is Fc1cc(F)cc(-c2ccc(-c3nc(-c4ccccc4)nc(-c4ccccc4)n3)c(-n3c4ccc(C(F)(F)F)cc4c4cc(C(F)(F)F)ccc43)c2)c1. The summed E-state index contributed by atoms with van der Waals surface area (Å²) in [6, 6.07) is 31.4. The van der Waals surface area contributed by atoms with Gasteiger partial charge in [-0.3, -0.25) is 0 Å². The lowest BCUT2D eigenvalue weighted by atomic mass is 10.0. The molecule has 262 valence electrons. The van der Waals surface area contributed by atoms with E-state index in [-0.39, 0.29) is 38.9 Å². The van der Waals surface area contributed by atoms with Crippen LogP contribution in [-0.2, 0) is 12.4 Å². The Morgan fingerprint density at radius 3 is 1.36 bits per heavy atom. The summed E-state index contributed by atoms with van der Waals surface area (Å²) in [5, 5.41) is -0.195. The van der Waals surface area contributed by atoms with Gasteiger partial charge in [0.15, 0.2) is 17.5 Å². The summed E-state index contributed by atoms with van der Waals surface area (Å²) in [5.41, 5.74) is 0.435. The molecule has 4 nitrogen and oxygen atoms in total. The smallest absolute Gasteiger partial charge is 0.308 e. The van der Waals surface area contributed by atoms with E-state index in [2.05, 4.69) is 0 Å². The number of benzene rings is 6. The summed E-state index contributed by atoms with van der Waals surface area (Å²) < 4.78 is 114. The molecule has 2 aromatic heterocycles. The van der Waals surface area contributed by atoms with E-state index in [0.717, 1.165) is 36.4 Å². The van der Waals surface area contributed by atoms with Crippen LogP contribution in [0.25, 0.3) is 72.8 Å². The van der Waals surface area contributed by atoms with Gasteiger partial charge < -0.3 is 4.57 Å². The van der Waals surface area contributed by atoms with Crippen molar-refractivity contribution in [2.75, 3.05) is 0 Å². The first kappa shape index (κ1) is 33.7. The van der Waals surface area contributed by atoms with Crippen molar-refractivity contribution in [1.29, 1.82) is 0 Å². The number of aromatic nitrogens is 4. The summed E-state index contributed by atoms with van der Waals surface area (Å²) in [7, 11) is 0. The van der Waals surface area contributed by atoms with Crippen molar-refractivity contribution >= 4 is 21.8 Å². The van der Waals surface area contributed by atoms with Crippen LogP contribution in [0.4, 0.5) is 35.1 Å². The summed E-state index contributed by atoms with van der Waals surface area (Å²) >= 11 is 0. The van der Waals surface area contributed by atoms with Crippen molar-refractivity contribution in [1.82, 2.24) is 19.5 Å². The highest BCUT2D eigenvalue weighted by Gasteiger charge is 2.33. The van der Waals surface area contributed by atoms with Crippen LogP contribution in [0.15, 0.2) is 133 Å². The maximum atomic E-state index is 14.5. The molecule has 0 aliphatic heterocycles. The molecule has 6 aromatic carbocycles. The molecule has 0 radical (unpaired) electrons. The molecule has 0 aliphatic rings. The van der Waals surface area contributed by atoms with Crippen LogP contribution in [0.2, 0.25) is 0 Å².